The lowest BCUT2D eigenvalue weighted by molar-refractivity contribution is 0.129. The fraction of sp³-hybridized carbons (Fsp3) is 0.429. The van der Waals surface area contributed by atoms with E-state index in [0.717, 1.165) is 18.5 Å². The quantitative estimate of drug-likeness (QED) is 0.797. The van der Waals surface area contributed by atoms with Gasteiger partial charge in [0.2, 0.25) is 0 Å². The largest absolute Gasteiger partial charge is 0.493 e. The van der Waals surface area contributed by atoms with Gasteiger partial charge in [-0.05, 0) is 24.1 Å². The van der Waals surface area contributed by atoms with Crippen LogP contribution in [0.4, 0.5) is 0 Å². The first-order valence-electron chi connectivity index (χ1n) is 6.04. The van der Waals surface area contributed by atoms with Gasteiger partial charge < -0.3 is 19.9 Å². The van der Waals surface area contributed by atoms with Crippen LogP contribution in [0.15, 0.2) is 30.4 Å². The summed E-state index contributed by atoms with van der Waals surface area (Å²) in [5.74, 6) is 1.31. The van der Waals surface area contributed by atoms with Crippen LogP contribution in [0.2, 0.25) is 0 Å². The summed E-state index contributed by atoms with van der Waals surface area (Å²) in [4.78, 5) is 0. The maximum Gasteiger partial charge on any atom is 0.161 e. The van der Waals surface area contributed by atoms with Gasteiger partial charge in [-0.1, -0.05) is 18.2 Å². The number of hydrogen-bond acceptors (Lipinski definition) is 4. The molecule has 0 amide bonds. The fourth-order valence-corrected chi connectivity index (χ4v) is 2.14. The Labute approximate surface area is 107 Å². The third-order valence-electron chi connectivity index (χ3n) is 3.18. The molecule has 0 aromatic heterocycles. The molecule has 4 nitrogen and oxygen atoms in total. The molecular formula is C14H19NO3. The maximum atomic E-state index is 10.3. The lowest BCUT2D eigenvalue weighted by atomic mass is 9.97. The Bertz CT molecular complexity index is 431. The van der Waals surface area contributed by atoms with Crippen molar-refractivity contribution in [3.05, 3.63) is 35.9 Å². The predicted molar refractivity (Wildman–Crippen MR) is 70.1 cm³/mol. The highest BCUT2D eigenvalue weighted by atomic mass is 16.5. The summed E-state index contributed by atoms with van der Waals surface area (Å²) in [7, 11) is 3.19. The second kappa shape index (κ2) is 5.89. The zero-order chi connectivity index (χ0) is 13.0. The minimum atomic E-state index is -0.547. The summed E-state index contributed by atoms with van der Waals surface area (Å²) >= 11 is 0. The molecule has 1 heterocycles. The summed E-state index contributed by atoms with van der Waals surface area (Å²) in [5, 5.41) is 13.6. The van der Waals surface area contributed by atoms with Crippen molar-refractivity contribution in [2.24, 2.45) is 0 Å². The summed E-state index contributed by atoms with van der Waals surface area (Å²) < 4.78 is 10.4. The number of nitrogens with one attached hydrogen (secondary N) is 1. The van der Waals surface area contributed by atoms with Crippen LogP contribution in [0.1, 0.15) is 18.1 Å². The number of hydrogen-bond donors (Lipinski definition) is 2. The van der Waals surface area contributed by atoms with Crippen LogP contribution in [0.5, 0.6) is 11.5 Å². The molecule has 2 unspecified atom stereocenters. The van der Waals surface area contributed by atoms with Crippen molar-refractivity contribution >= 4 is 0 Å². The van der Waals surface area contributed by atoms with E-state index in [-0.39, 0.29) is 6.04 Å². The van der Waals surface area contributed by atoms with Crippen LogP contribution >= 0.6 is 0 Å². The first-order valence-corrected chi connectivity index (χ1v) is 6.04. The Morgan fingerprint density at radius 1 is 1.22 bits per heavy atom. The first-order chi connectivity index (χ1) is 8.76. The van der Waals surface area contributed by atoms with Crippen LogP contribution in [0.3, 0.4) is 0 Å². The Kier molecular flexibility index (Phi) is 4.23. The molecule has 0 fully saturated rings. The highest BCUT2D eigenvalue weighted by Gasteiger charge is 2.21. The van der Waals surface area contributed by atoms with Gasteiger partial charge in [-0.3, -0.25) is 0 Å². The molecule has 1 aromatic rings. The molecule has 98 valence electrons. The van der Waals surface area contributed by atoms with E-state index in [2.05, 4.69) is 17.5 Å². The number of benzene rings is 1. The van der Waals surface area contributed by atoms with Crippen LogP contribution in [0.25, 0.3) is 0 Å². The average molecular weight is 249 g/mol. The number of rotatable bonds is 4. The summed E-state index contributed by atoms with van der Waals surface area (Å²) in [6.07, 6.45) is 4.44. The molecule has 1 aromatic carbocycles. The number of ether oxygens (including phenoxy) is 2. The third kappa shape index (κ3) is 2.66. The van der Waals surface area contributed by atoms with Crippen LogP contribution in [0, 0.1) is 0 Å². The molecule has 2 N–H and O–H groups in total. The van der Waals surface area contributed by atoms with Crippen molar-refractivity contribution in [2.45, 2.75) is 18.6 Å². The second-order valence-corrected chi connectivity index (χ2v) is 4.28. The lowest BCUT2D eigenvalue weighted by Crippen LogP contribution is -2.36. The minimum Gasteiger partial charge on any atom is -0.493 e. The standard InChI is InChI=1S/C14H19NO3/c1-17-12-7-6-10(9-13(12)18-2)14(16)11-5-3-4-8-15-11/h3-4,6-7,9,11,14-16H,5,8H2,1-2H3. The van der Waals surface area contributed by atoms with Gasteiger partial charge in [-0.2, -0.15) is 0 Å². The monoisotopic (exact) mass is 249 g/mol. The summed E-state index contributed by atoms with van der Waals surface area (Å²) in [6.45, 7) is 0.801. The molecule has 18 heavy (non-hydrogen) atoms. The smallest absolute Gasteiger partial charge is 0.161 e. The van der Waals surface area contributed by atoms with E-state index in [1.54, 1.807) is 14.2 Å². The molecule has 1 aliphatic rings. The maximum absolute atomic E-state index is 10.3. The normalized spacial score (nSPS) is 20.5. The van der Waals surface area contributed by atoms with Crippen LogP contribution in [-0.4, -0.2) is 31.9 Å². The molecule has 0 saturated heterocycles. The highest BCUT2D eigenvalue weighted by Crippen LogP contribution is 2.31. The van der Waals surface area contributed by atoms with Crippen molar-refractivity contribution in [3.8, 4) is 11.5 Å². The van der Waals surface area contributed by atoms with E-state index in [9.17, 15) is 5.11 Å². The molecule has 0 radical (unpaired) electrons. The first kappa shape index (κ1) is 12.9. The van der Waals surface area contributed by atoms with Crippen molar-refractivity contribution < 1.29 is 14.6 Å². The average Bonchev–Trinajstić information content (AvgIpc) is 2.46. The van der Waals surface area contributed by atoms with E-state index in [1.165, 1.54) is 0 Å². The fourth-order valence-electron chi connectivity index (χ4n) is 2.14. The minimum absolute atomic E-state index is 0.0492. The number of aliphatic hydroxyl groups is 1. The molecule has 4 heteroatoms. The molecule has 0 saturated carbocycles. The zero-order valence-corrected chi connectivity index (χ0v) is 10.7. The molecular weight excluding hydrogens is 230 g/mol. The molecule has 2 rings (SSSR count). The van der Waals surface area contributed by atoms with Crippen LogP contribution < -0.4 is 14.8 Å². The SMILES string of the molecule is COc1ccc(C(O)C2CC=CCN2)cc1OC. The Balaban J connectivity index is 2.19. The van der Waals surface area contributed by atoms with Gasteiger partial charge >= 0.3 is 0 Å². The van der Waals surface area contributed by atoms with E-state index in [4.69, 9.17) is 9.47 Å². The Morgan fingerprint density at radius 2 is 2.00 bits per heavy atom. The van der Waals surface area contributed by atoms with Gasteiger partial charge in [0.05, 0.1) is 20.3 Å². The topological polar surface area (TPSA) is 50.7 Å². The lowest BCUT2D eigenvalue weighted by Gasteiger charge is -2.25. The van der Waals surface area contributed by atoms with E-state index in [0.29, 0.717) is 11.5 Å². The Hall–Kier alpha value is -1.52. The van der Waals surface area contributed by atoms with E-state index in [1.807, 2.05) is 18.2 Å². The van der Waals surface area contributed by atoms with E-state index >= 15 is 0 Å². The van der Waals surface area contributed by atoms with Gasteiger partial charge in [0.15, 0.2) is 11.5 Å². The van der Waals surface area contributed by atoms with Crippen molar-refractivity contribution in [1.82, 2.24) is 5.32 Å². The zero-order valence-electron chi connectivity index (χ0n) is 10.7. The van der Waals surface area contributed by atoms with Gasteiger partial charge in [0.25, 0.3) is 0 Å². The molecule has 1 aliphatic heterocycles. The van der Waals surface area contributed by atoms with Crippen molar-refractivity contribution in [1.29, 1.82) is 0 Å². The van der Waals surface area contributed by atoms with Crippen molar-refractivity contribution in [3.63, 3.8) is 0 Å². The summed E-state index contributed by atoms with van der Waals surface area (Å²) in [5.41, 5.74) is 0.834. The molecule has 0 bridgehead atoms. The van der Waals surface area contributed by atoms with Crippen LogP contribution in [-0.2, 0) is 0 Å². The van der Waals surface area contributed by atoms with Crippen molar-refractivity contribution in [2.75, 3.05) is 20.8 Å². The molecule has 2 atom stereocenters. The van der Waals surface area contributed by atoms with E-state index < -0.39 is 6.10 Å². The predicted octanol–water partition coefficient (Wildman–Crippen LogP) is 1.66. The molecule has 0 spiro atoms. The summed E-state index contributed by atoms with van der Waals surface area (Å²) in [6, 6.07) is 5.55. The number of methoxy groups -OCH3 is 2. The highest BCUT2D eigenvalue weighted by molar-refractivity contribution is 5.43. The van der Waals surface area contributed by atoms with Gasteiger partial charge in [-0.15, -0.1) is 0 Å². The third-order valence-corrected chi connectivity index (χ3v) is 3.18. The second-order valence-electron chi connectivity index (χ2n) is 4.28. The molecule has 0 aliphatic carbocycles. The van der Waals surface area contributed by atoms with Gasteiger partial charge in [-0.25, -0.2) is 0 Å². The van der Waals surface area contributed by atoms with Gasteiger partial charge in [0, 0.05) is 12.6 Å². The Morgan fingerprint density at radius 3 is 2.61 bits per heavy atom. The number of aliphatic hydroxyl groups excluding tert-OH is 1. The van der Waals surface area contributed by atoms with Gasteiger partial charge in [0.1, 0.15) is 0 Å².